The average Bonchev–Trinajstić information content (AvgIpc) is 3.40. The molecule has 3 aromatic rings. The summed E-state index contributed by atoms with van der Waals surface area (Å²) >= 11 is 2.62. The largest absolute Gasteiger partial charge is 0.416 e. The van der Waals surface area contributed by atoms with E-state index in [0.717, 1.165) is 54.9 Å². The van der Waals surface area contributed by atoms with Gasteiger partial charge in [0.2, 0.25) is 5.13 Å². The molecule has 2 heterocycles. The molecule has 0 saturated heterocycles. The number of halogens is 3. The van der Waals surface area contributed by atoms with Gasteiger partial charge in [0, 0.05) is 17.9 Å². The first-order valence-electron chi connectivity index (χ1n) is 11.1. The van der Waals surface area contributed by atoms with E-state index in [9.17, 15) is 27.6 Å². The first kappa shape index (κ1) is 25.8. The predicted octanol–water partition coefficient (Wildman–Crippen LogP) is 5.76. The Bertz CT molecular complexity index is 1240. The van der Waals surface area contributed by atoms with Crippen molar-refractivity contribution >= 4 is 46.0 Å². The van der Waals surface area contributed by atoms with Gasteiger partial charge in [-0.05, 0) is 43.2 Å². The minimum atomic E-state index is -4.53. The van der Waals surface area contributed by atoms with Gasteiger partial charge in [0.1, 0.15) is 0 Å². The number of nitrogens with one attached hydrogen (secondary N) is 1. The summed E-state index contributed by atoms with van der Waals surface area (Å²) < 4.78 is 39.2. The van der Waals surface area contributed by atoms with Crippen LogP contribution < -0.4 is 5.32 Å². The Morgan fingerprint density at radius 3 is 2.33 bits per heavy atom. The van der Waals surface area contributed by atoms with Gasteiger partial charge in [-0.1, -0.05) is 54.1 Å². The van der Waals surface area contributed by atoms with Crippen LogP contribution in [-0.2, 0) is 6.18 Å². The molecule has 1 aromatic heterocycles. The Morgan fingerprint density at radius 1 is 0.944 bits per heavy atom. The van der Waals surface area contributed by atoms with E-state index in [1.54, 1.807) is 24.3 Å². The molecule has 0 bridgehead atoms. The van der Waals surface area contributed by atoms with Crippen LogP contribution in [-0.4, -0.2) is 45.1 Å². The van der Waals surface area contributed by atoms with E-state index < -0.39 is 17.6 Å². The lowest BCUT2D eigenvalue weighted by molar-refractivity contribution is -0.137. The van der Waals surface area contributed by atoms with Crippen molar-refractivity contribution in [3.05, 3.63) is 70.8 Å². The summed E-state index contributed by atoms with van der Waals surface area (Å²) in [5.74, 6) is -0.396. The van der Waals surface area contributed by atoms with Crippen molar-refractivity contribution in [3.8, 4) is 0 Å². The molecule has 7 nitrogen and oxygen atoms in total. The van der Waals surface area contributed by atoms with E-state index in [1.807, 2.05) is 0 Å². The average molecular weight is 535 g/mol. The number of unbranched alkanes of at least 4 members (excludes halogenated alkanes) is 3. The second-order valence-electron chi connectivity index (χ2n) is 7.98. The summed E-state index contributed by atoms with van der Waals surface area (Å²) in [6, 6.07) is 11.0. The predicted molar refractivity (Wildman–Crippen MR) is 130 cm³/mol. The molecule has 0 spiro atoms. The SMILES string of the molecule is O=C(Nc1nnc(SCCCCCCN2C(=O)c3ccccc3C2=O)s1)c1cccc(C(F)(F)F)c1. The number of aromatic nitrogens is 2. The number of fused-ring (bicyclic) bond motifs is 1. The molecule has 0 saturated carbocycles. The number of carbonyl (C=O) groups excluding carboxylic acids is 3. The van der Waals surface area contributed by atoms with Crippen LogP contribution in [0.5, 0.6) is 0 Å². The van der Waals surface area contributed by atoms with E-state index in [4.69, 9.17) is 0 Å². The van der Waals surface area contributed by atoms with Crippen LogP contribution in [0.3, 0.4) is 0 Å². The summed E-state index contributed by atoms with van der Waals surface area (Å²) in [7, 11) is 0. The third-order valence-corrected chi connectivity index (χ3v) is 7.52. The van der Waals surface area contributed by atoms with E-state index in [2.05, 4.69) is 15.5 Å². The van der Waals surface area contributed by atoms with Crippen molar-refractivity contribution in [2.24, 2.45) is 0 Å². The van der Waals surface area contributed by atoms with E-state index in [0.29, 0.717) is 22.0 Å². The van der Waals surface area contributed by atoms with Gasteiger partial charge in [-0.2, -0.15) is 13.2 Å². The number of amides is 3. The molecule has 1 aliphatic heterocycles. The first-order valence-corrected chi connectivity index (χ1v) is 12.9. The summed E-state index contributed by atoms with van der Waals surface area (Å²) in [6.07, 6.45) is -1.15. The minimum Gasteiger partial charge on any atom is -0.296 e. The number of hydrogen-bond acceptors (Lipinski definition) is 7. The molecule has 188 valence electrons. The van der Waals surface area contributed by atoms with Crippen LogP contribution in [0.15, 0.2) is 52.9 Å². The van der Waals surface area contributed by atoms with E-state index in [1.165, 1.54) is 28.8 Å². The fraction of sp³-hybridized carbons (Fsp3) is 0.292. The fourth-order valence-electron chi connectivity index (χ4n) is 3.65. The minimum absolute atomic E-state index is 0.115. The smallest absolute Gasteiger partial charge is 0.296 e. The van der Waals surface area contributed by atoms with Crippen molar-refractivity contribution in [1.29, 1.82) is 0 Å². The van der Waals surface area contributed by atoms with Crippen molar-refractivity contribution in [2.75, 3.05) is 17.6 Å². The maximum absolute atomic E-state index is 12.8. The molecule has 1 aliphatic rings. The van der Waals surface area contributed by atoms with Crippen LogP contribution in [0.25, 0.3) is 0 Å². The van der Waals surface area contributed by atoms with Crippen LogP contribution in [0.1, 0.15) is 62.3 Å². The fourth-order valence-corrected chi connectivity index (χ4v) is 5.47. The van der Waals surface area contributed by atoms with Crippen molar-refractivity contribution in [3.63, 3.8) is 0 Å². The lowest BCUT2D eigenvalue weighted by Gasteiger charge is -2.13. The highest BCUT2D eigenvalue weighted by molar-refractivity contribution is 8.01. The Kier molecular flexibility index (Phi) is 8.04. The molecule has 12 heteroatoms. The van der Waals surface area contributed by atoms with Crippen LogP contribution >= 0.6 is 23.1 Å². The molecule has 4 rings (SSSR count). The topological polar surface area (TPSA) is 92.3 Å². The van der Waals surface area contributed by atoms with Crippen LogP contribution in [0.2, 0.25) is 0 Å². The third-order valence-electron chi connectivity index (χ3n) is 5.46. The van der Waals surface area contributed by atoms with E-state index in [-0.39, 0.29) is 22.5 Å². The number of carbonyl (C=O) groups is 3. The summed E-state index contributed by atoms with van der Waals surface area (Å²) in [5, 5.41) is 10.6. The number of nitrogens with zero attached hydrogens (tertiary/aromatic N) is 3. The van der Waals surface area contributed by atoms with Crippen molar-refractivity contribution < 1.29 is 27.6 Å². The number of rotatable bonds is 10. The van der Waals surface area contributed by atoms with Gasteiger partial charge >= 0.3 is 6.18 Å². The lowest BCUT2D eigenvalue weighted by Crippen LogP contribution is -2.30. The number of imide groups is 1. The Hall–Kier alpha value is -3.25. The zero-order valence-corrected chi connectivity index (χ0v) is 20.5. The Balaban J connectivity index is 1.15. The molecule has 3 amide bonds. The van der Waals surface area contributed by atoms with Gasteiger partial charge in [-0.15, -0.1) is 10.2 Å². The highest BCUT2D eigenvalue weighted by Gasteiger charge is 2.34. The summed E-state index contributed by atoms with van der Waals surface area (Å²) in [6.45, 7) is 0.394. The quantitative estimate of drug-likeness (QED) is 0.154. The third kappa shape index (κ3) is 6.11. The zero-order chi connectivity index (χ0) is 25.7. The van der Waals surface area contributed by atoms with Gasteiger partial charge in [0.25, 0.3) is 17.7 Å². The highest BCUT2D eigenvalue weighted by Crippen LogP contribution is 2.30. The monoisotopic (exact) mass is 534 g/mol. The van der Waals surface area contributed by atoms with Gasteiger partial charge in [0.15, 0.2) is 4.34 Å². The van der Waals surface area contributed by atoms with Crippen molar-refractivity contribution in [1.82, 2.24) is 15.1 Å². The molecular weight excluding hydrogens is 513 g/mol. The molecule has 0 unspecified atom stereocenters. The highest BCUT2D eigenvalue weighted by atomic mass is 32.2. The molecular formula is C24H21F3N4O3S2. The normalized spacial score (nSPS) is 13.2. The maximum Gasteiger partial charge on any atom is 0.416 e. The molecule has 36 heavy (non-hydrogen) atoms. The van der Waals surface area contributed by atoms with Gasteiger partial charge in [-0.25, -0.2) is 0 Å². The zero-order valence-electron chi connectivity index (χ0n) is 18.9. The molecule has 0 radical (unpaired) electrons. The first-order chi connectivity index (χ1) is 17.2. The Labute approximate surface area is 213 Å². The van der Waals surface area contributed by atoms with Crippen molar-refractivity contribution in [2.45, 2.75) is 36.2 Å². The number of benzene rings is 2. The molecule has 2 aromatic carbocycles. The number of thioether (sulfide) groups is 1. The molecule has 0 fully saturated rings. The lowest BCUT2D eigenvalue weighted by atomic mass is 10.1. The number of hydrogen-bond donors (Lipinski definition) is 1. The van der Waals surface area contributed by atoms with Crippen LogP contribution in [0, 0.1) is 0 Å². The number of alkyl halides is 3. The van der Waals surface area contributed by atoms with E-state index >= 15 is 0 Å². The standard InChI is InChI=1S/C24H21F3N4O3S2/c25-24(26,27)16-9-7-8-15(14-16)19(32)28-22-29-30-23(36-22)35-13-6-2-1-5-12-31-20(33)17-10-3-4-11-18(17)21(31)34/h3-4,7-11,14H,1-2,5-6,12-13H2,(H,28,29,32). The second-order valence-corrected chi connectivity index (χ2v) is 10.3. The molecule has 0 atom stereocenters. The van der Waals surface area contributed by atoms with Gasteiger partial charge in [0.05, 0.1) is 16.7 Å². The second kappa shape index (κ2) is 11.2. The molecule has 1 N–H and O–H groups in total. The number of anilines is 1. The summed E-state index contributed by atoms with van der Waals surface area (Å²) in [4.78, 5) is 38.3. The Morgan fingerprint density at radius 2 is 1.64 bits per heavy atom. The maximum atomic E-state index is 12.8. The van der Waals surface area contributed by atoms with Gasteiger partial charge < -0.3 is 0 Å². The van der Waals surface area contributed by atoms with Crippen LogP contribution in [0.4, 0.5) is 18.3 Å². The molecule has 0 aliphatic carbocycles. The van der Waals surface area contributed by atoms with Gasteiger partial charge in [-0.3, -0.25) is 24.6 Å². The summed E-state index contributed by atoms with van der Waals surface area (Å²) in [5.41, 5.74) is -0.0921.